The van der Waals surface area contributed by atoms with Gasteiger partial charge in [0.2, 0.25) is 0 Å². The largest absolute Gasteiger partial charge is 0.366 e. The second-order valence-corrected chi connectivity index (χ2v) is 5.71. The molecule has 0 spiro atoms. The quantitative estimate of drug-likeness (QED) is 0.763. The first-order valence-electron chi connectivity index (χ1n) is 7.41. The van der Waals surface area contributed by atoms with E-state index in [1.165, 1.54) is 18.0 Å². The average Bonchev–Trinajstić information content (AvgIpc) is 2.89. The smallest absolute Gasteiger partial charge is 0.140 e. The van der Waals surface area contributed by atoms with Crippen molar-refractivity contribution in [1.82, 2.24) is 20.2 Å². The number of nitrogens with one attached hydrogen (secondary N) is 2. The summed E-state index contributed by atoms with van der Waals surface area (Å²) in [5.74, 6) is 0.261. The summed E-state index contributed by atoms with van der Waals surface area (Å²) >= 11 is 0. The van der Waals surface area contributed by atoms with E-state index in [0.29, 0.717) is 16.7 Å². The third-order valence-corrected chi connectivity index (χ3v) is 4.30. The number of aromatic amines is 1. The summed E-state index contributed by atoms with van der Waals surface area (Å²) in [6, 6.07) is 5.09. The highest BCUT2D eigenvalue weighted by Gasteiger charge is 2.23. The Bertz CT molecular complexity index is 836. The van der Waals surface area contributed by atoms with Crippen LogP contribution in [0.3, 0.4) is 0 Å². The van der Waals surface area contributed by atoms with Gasteiger partial charge in [-0.3, -0.25) is 5.10 Å². The molecule has 2 N–H and O–H groups in total. The van der Waals surface area contributed by atoms with Gasteiger partial charge in [-0.25, -0.2) is 14.4 Å². The lowest BCUT2D eigenvalue weighted by molar-refractivity contribution is 0.599. The van der Waals surface area contributed by atoms with Gasteiger partial charge in [0.05, 0.1) is 16.6 Å². The Hall–Kier alpha value is -2.50. The van der Waals surface area contributed by atoms with Crippen molar-refractivity contribution in [3.63, 3.8) is 0 Å². The van der Waals surface area contributed by atoms with E-state index in [0.717, 1.165) is 30.7 Å². The van der Waals surface area contributed by atoms with E-state index < -0.39 is 0 Å². The predicted molar refractivity (Wildman–Crippen MR) is 82.3 cm³/mol. The van der Waals surface area contributed by atoms with Crippen molar-refractivity contribution in [3.05, 3.63) is 47.3 Å². The molecule has 0 amide bonds. The van der Waals surface area contributed by atoms with Crippen molar-refractivity contribution in [2.75, 3.05) is 5.32 Å². The molecule has 1 atom stereocenters. The van der Waals surface area contributed by atoms with Gasteiger partial charge in [0, 0.05) is 18.2 Å². The molecule has 2 aromatic heterocycles. The summed E-state index contributed by atoms with van der Waals surface area (Å²) in [7, 11) is 0. The van der Waals surface area contributed by atoms with Crippen molar-refractivity contribution in [2.24, 2.45) is 0 Å². The molecule has 0 aliphatic heterocycles. The summed E-state index contributed by atoms with van der Waals surface area (Å²) in [5, 5.41) is 11.2. The molecule has 1 aliphatic carbocycles. The number of H-pyrrole nitrogens is 1. The third kappa shape index (κ3) is 2.11. The molecule has 5 nitrogen and oxygen atoms in total. The first-order valence-corrected chi connectivity index (χ1v) is 7.41. The van der Waals surface area contributed by atoms with Crippen LogP contribution in [0, 0.1) is 12.7 Å². The SMILES string of the molecule is Cc1[nH]nc2c1CCC(Nc1ncnc3cccc(F)c13)C2. The number of aromatic nitrogens is 4. The van der Waals surface area contributed by atoms with Crippen molar-refractivity contribution in [3.8, 4) is 0 Å². The number of rotatable bonds is 2. The molecule has 2 heterocycles. The van der Waals surface area contributed by atoms with Crippen LogP contribution in [0.5, 0.6) is 0 Å². The summed E-state index contributed by atoms with van der Waals surface area (Å²) in [4.78, 5) is 8.36. The van der Waals surface area contributed by atoms with E-state index in [2.05, 4.69) is 25.5 Å². The van der Waals surface area contributed by atoms with Crippen molar-refractivity contribution in [1.29, 1.82) is 0 Å². The van der Waals surface area contributed by atoms with Crippen LogP contribution in [0.2, 0.25) is 0 Å². The zero-order valence-electron chi connectivity index (χ0n) is 12.2. The zero-order valence-corrected chi connectivity index (χ0v) is 12.2. The molecule has 0 saturated carbocycles. The van der Waals surface area contributed by atoms with Crippen molar-refractivity contribution >= 4 is 16.7 Å². The minimum Gasteiger partial charge on any atom is -0.366 e. The van der Waals surface area contributed by atoms with E-state index in [4.69, 9.17) is 0 Å². The normalized spacial score (nSPS) is 17.5. The fraction of sp³-hybridized carbons (Fsp3) is 0.312. The monoisotopic (exact) mass is 297 g/mol. The van der Waals surface area contributed by atoms with Gasteiger partial charge < -0.3 is 5.32 Å². The number of nitrogens with zero attached hydrogens (tertiary/aromatic N) is 3. The molecule has 1 aliphatic rings. The predicted octanol–water partition coefficient (Wildman–Crippen LogP) is 2.77. The van der Waals surface area contributed by atoms with Crippen LogP contribution in [0.4, 0.5) is 10.2 Å². The van der Waals surface area contributed by atoms with Crippen LogP contribution < -0.4 is 5.32 Å². The lowest BCUT2D eigenvalue weighted by Crippen LogP contribution is -2.28. The van der Waals surface area contributed by atoms with Crippen molar-refractivity contribution in [2.45, 2.75) is 32.2 Å². The fourth-order valence-electron chi connectivity index (χ4n) is 3.15. The van der Waals surface area contributed by atoms with E-state index >= 15 is 0 Å². The maximum Gasteiger partial charge on any atom is 0.140 e. The Morgan fingerprint density at radius 1 is 1.32 bits per heavy atom. The Balaban J connectivity index is 1.65. The fourth-order valence-corrected chi connectivity index (χ4v) is 3.15. The molecule has 1 aromatic carbocycles. The molecule has 0 radical (unpaired) electrons. The maximum atomic E-state index is 14.1. The van der Waals surface area contributed by atoms with Crippen molar-refractivity contribution < 1.29 is 4.39 Å². The Kier molecular flexibility index (Phi) is 3.03. The summed E-state index contributed by atoms with van der Waals surface area (Å²) < 4.78 is 14.1. The molecule has 22 heavy (non-hydrogen) atoms. The van der Waals surface area contributed by atoms with E-state index in [1.807, 2.05) is 6.92 Å². The molecule has 0 bridgehead atoms. The van der Waals surface area contributed by atoms with Gasteiger partial charge >= 0.3 is 0 Å². The van der Waals surface area contributed by atoms with Gasteiger partial charge in [-0.1, -0.05) is 6.07 Å². The van der Waals surface area contributed by atoms with Crippen LogP contribution >= 0.6 is 0 Å². The molecule has 112 valence electrons. The number of hydrogen-bond donors (Lipinski definition) is 2. The zero-order chi connectivity index (χ0) is 15.1. The van der Waals surface area contributed by atoms with Gasteiger partial charge in [0.15, 0.2) is 0 Å². The van der Waals surface area contributed by atoms with Crippen LogP contribution in [-0.2, 0) is 12.8 Å². The first kappa shape index (κ1) is 13.2. The van der Waals surface area contributed by atoms with Gasteiger partial charge in [-0.15, -0.1) is 0 Å². The molecule has 0 saturated heterocycles. The molecular formula is C16H16FN5. The summed E-state index contributed by atoms with van der Waals surface area (Å²) in [6.45, 7) is 2.05. The van der Waals surface area contributed by atoms with Crippen LogP contribution in [0.25, 0.3) is 10.9 Å². The van der Waals surface area contributed by atoms with E-state index in [9.17, 15) is 4.39 Å². The lowest BCUT2D eigenvalue weighted by Gasteiger charge is -2.23. The van der Waals surface area contributed by atoms with E-state index in [1.54, 1.807) is 12.1 Å². The second-order valence-electron chi connectivity index (χ2n) is 5.71. The Morgan fingerprint density at radius 3 is 3.14 bits per heavy atom. The van der Waals surface area contributed by atoms with E-state index in [-0.39, 0.29) is 11.9 Å². The van der Waals surface area contributed by atoms with Gasteiger partial charge in [-0.05, 0) is 37.5 Å². The number of hydrogen-bond acceptors (Lipinski definition) is 4. The molecule has 0 fully saturated rings. The summed E-state index contributed by atoms with van der Waals surface area (Å²) in [6.07, 6.45) is 4.24. The summed E-state index contributed by atoms with van der Waals surface area (Å²) in [5.41, 5.74) is 4.17. The Labute approximate surface area is 127 Å². The molecule has 3 aromatic rings. The number of halogens is 1. The molecular weight excluding hydrogens is 281 g/mol. The highest BCUT2D eigenvalue weighted by molar-refractivity contribution is 5.89. The number of benzene rings is 1. The maximum absolute atomic E-state index is 14.1. The van der Waals surface area contributed by atoms with Gasteiger partial charge in [0.25, 0.3) is 0 Å². The first-order chi connectivity index (χ1) is 10.7. The number of fused-ring (bicyclic) bond motifs is 2. The van der Waals surface area contributed by atoms with Crippen LogP contribution in [-0.4, -0.2) is 26.2 Å². The molecule has 6 heteroatoms. The Morgan fingerprint density at radius 2 is 2.23 bits per heavy atom. The highest BCUT2D eigenvalue weighted by Crippen LogP contribution is 2.27. The molecule has 1 unspecified atom stereocenters. The highest BCUT2D eigenvalue weighted by atomic mass is 19.1. The third-order valence-electron chi connectivity index (χ3n) is 4.30. The lowest BCUT2D eigenvalue weighted by atomic mass is 9.92. The van der Waals surface area contributed by atoms with Crippen LogP contribution in [0.15, 0.2) is 24.5 Å². The molecule has 4 rings (SSSR count). The number of anilines is 1. The standard InChI is InChI=1S/C16H16FN5/c1-9-11-6-5-10(7-14(11)22-21-9)20-16-15-12(17)3-2-4-13(15)18-8-19-16/h2-4,8,10H,5-7H2,1H3,(H,21,22)(H,18,19,20). The topological polar surface area (TPSA) is 66.5 Å². The van der Waals surface area contributed by atoms with Gasteiger partial charge in [-0.2, -0.15) is 5.10 Å². The minimum atomic E-state index is -0.298. The average molecular weight is 297 g/mol. The second kappa shape index (κ2) is 5.05. The minimum absolute atomic E-state index is 0.202. The number of aryl methyl sites for hydroxylation is 1. The van der Waals surface area contributed by atoms with Crippen LogP contribution in [0.1, 0.15) is 23.4 Å². The van der Waals surface area contributed by atoms with Gasteiger partial charge in [0.1, 0.15) is 18.0 Å².